The summed E-state index contributed by atoms with van der Waals surface area (Å²) in [5.74, 6) is 0.245. The number of hydrogen-bond acceptors (Lipinski definition) is 7. The molecule has 0 radical (unpaired) electrons. The van der Waals surface area contributed by atoms with Crippen molar-refractivity contribution in [3.63, 3.8) is 0 Å². The van der Waals surface area contributed by atoms with Crippen LogP contribution in [-0.4, -0.2) is 67.7 Å². The van der Waals surface area contributed by atoms with Gasteiger partial charge in [-0.25, -0.2) is 9.97 Å². The molecule has 1 aromatic carbocycles. The fraction of sp³-hybridized carbons (Fsp3) is 0.522. The summed E-state index contributed by atoms with van der Waals surface area (Å²) in [7, 11) is 1.23. The van der Waals surface area contributed by atoms with Gasteiger partial charge in [0, 0.05) is 23.7 Å². The average Bonchev–Trinajstić information content (AvgIpc) is 3.35. The topological polar surface area (TPSA) is 88.3 Å². The van der Waals surface area contributed by atoms with Crippen molar-refractivity contribution in [2.75, 3.05) is 31.6 Å². The lowest BCUT2D eigenvalue weighted by molar-refractivity contribution is -0.143. The summed E-state index contributed by atoms with van der Waals surface area (Å²) in [6, 6.07) is 3.69. The van der Waals surface area contributed by atoms with E-state index in [4.69, 9.17) is 16.3 Å². The monoisotopic (exact) mass is 510 g/mol. The number of ether oxygens (including phenoxy) is 1. The third-order valence-corrected chi connectivity index (χ3v) is 7.52. The third-order valence-electron chi connectivity index (χ3n) is 7.20. The van der Waals surface area contributed by atoms with E-state index in [9.17, 15) is 18.3 Å². The van der Waals surface area contributed by atoms with Gasteiger partial charge in [0.2, 0.25) is 5.95 Å². The highest BCUT2D eigenvalue weighted by Crippen LogP contribution is 2.39. The van der Waals surface area contributed by atoms with Crippen LogP contribution in [0.1, 0.15) is 36.9 Å². The van der Waals surface area contributed by atoms with Crippen molar-refractivity contribution in [1.82, 2.24) is 24.6 Å². The third kappa shape index (κ3) is 4.46. The number of piperidine rings is 1. The molecule has 0 amide bonds. The summed E-state index contributed by atoms with van der Waals surface area (Å²) >= 11 is 6.61. The highest BCUT2D eigenvalue weighted by Gasteiger charge is 2.45. The predicted octanol–water partition coefficient (Wildman–Crippen LogP) is 4.11. The molecule has 2 aliphatic rings. The minimum absolute atomic E-state index is 0.0437. The summed E-state index contributed by atoms with van der Waals surface area (Å²) in [4.78, 5) is 10.9. The number of nitrogens with zero attached hydrogens (tertiary/aromatic N) is 5. The fourth-order valence-electron chi connectivity index (χ4n) is 5.08. The maximum absolute atomic E-state index is 13.4. The smallest absolute Gasteiger partial charge is 0.389 e. The van der Waals surface area contributed by atoms with E-state index in [-0.39, 0.29) is 23.1 Å². The number of aliphatic hydroxyl groups is 1. The Kier molecular flexibility index (Phi) is 6.15. The minimum Gasteiger partial charge on any atom is -0.389 e. The zero-order valence-corrected chi connectivity index (χ0v) is 20.1. The number of rotatable bonds is 4. The molecule has 0 aliphatic carbocycles. The molecule has 2 fully saturated rings. The molecule has 2 saturated heterocycles. The molecule has 0 bridgehead atoms. The van der Waals surface area contributed by atoms with E-state index < -0.39 is 18.0 Å². The molecule has 2 aliphatic heterocycles. The lowest BCUT2D eigenvalue weighted by Gasteiger charge is -2.43. The molecule has 5 rings (SSSR count). The Morgan fingerprint density at radius 2 is 1.97 bits per heavy atom. The summed E-state index contributed by atoms with van der Waals surface area (Å²) < 4.78 is 46.4. The summed E-state index contributed by atoms with van der Waals surface area (Å²) in [5.41, 5.74) is 0.0410. The van der Waals surface area contributed by atoms with Crippen molar-refractivity contribution >= 4 is 34.1 Å². The number of halogens is 4. The highest BCUT2D eigenvalue weighted by molar-refractivity contribution is 6.32. The van der Waals surface area contributed by atoms with E-state index in [1.165, 1.54) is 13.2 Å². The van der Waals surface area contributed by atoms with Gasteiger partial charge in [-0.3, -0.25) is 9.58 Å². The van der Waals surface area contributed by atoms with Crippen molar-refractivity contribution in [3.05, 3.63) is 40.8 Å². The number of aliphatic hydroxyl groups excluding tert-OH is 1. The first-order valence-corrected chi connectivity index (χ1v) is 11.8. The van der Waals surface area contributed by atoms with E-state index in [0.29, 0.717) is 29.1 Å². The van der Waals surface area contributed by atoms with E-state index in [0.717, 1.165) is 42.4 Å². The van der Waals surface area contributed by atoms with E-state index in [1.54, 1.807) is 6.07 Å². The number of fused-ring (bicyclic) bond motifs is 1. The number of anilines is 2. The molecule has 4 heterocycles. The SMILES string of the molecule is Cn1ncc(Nc2ncc3cc(Cl)c(C4CCN([C@]5(C)COCC5O)CC4)cc3n2)c1C(F)(F)F. The van der Waals surface area contributed by atoms with Gasteiger partial charge in [0.1, 0.15) is 0 Å². The molecule has 1 unspecified atom stereocenters. The van der Waals surface area contributed by atoms with Crippen LogP contribution < -0.4 is 5.32 Å². The van der Waals surface area contributed by atoms with Gasteiger partial charge >= 0.3 is 6.18 Å². The van der Waals surface area contributed by atoms with Crippen molar-refractivity contribution in [3.8, 4) is 0 Å². The Balaban J connectivity index is 1.37. The highest BCUT2D eigenvalue weighted by atomic mass is 35.5. The number of likely N-dealkylation sites (tertiary alicyclic amines) is 1. The van der Waals surface area contributed by atoms with Crippen LogP contribution in [0.25, 0.3) is 10.9 Å². The van der Waals surface area contributed by atoms with Crippen molar-refractivity contribution in [2.24, 2.45) is 7.05 Å². The molecular weight excluding hydrogens is 485 g/mol. The zero-order chi connectivity index (χ0) is 25.0. The number of aromatic nitrogens is 4. The average molecular weight is 511 g/mol. The maximum Gasteiger partial charge on any atom is 0.435 e. The first-order valence-electron chi connectivity index (χ1n) is 11.4. The van der Waals surface area contributed by atoms with Gasteiger partial charge in [-0.15, -0.1) is 0 Å². The van der Waals surface area contributed by atoms with Gasteiger partial charge < -0.3 is 15.2 Å². The quantitative estimate of drug-likeness (QED) is 0.546. The van der Waals surface area contributed by atoms with Crippen molar-refractivity contribution in [2.45, 2.75) is 43.5 Å². The molecule has 2 N–H and O–H groups in total. The zero-order valence-electron chi connectivity index (χ0n) is 19.3. The summed E-state index contributed by atoms with van der Waals surface area (Å²) in [6.07, 6.45) is -0.733. The van der Waals surface area contributed by atoms with Crippen LogP contribution in [0, 0.1) is 0 Å². The Bertz CT molecular complexity index is 1240. The largest absolute Gasteiger partial charge is 0.435 e. The number of nitrogens with one attached hydrogen (secondary N) is 1. The number of aryl methyl sites for hydroxylation is 1. The van der Waals surface area contributed by atoms with Crippen LogP contribution in [0.3, 0.4) is 0 Å². The molecule has 188 valence electrons. The number of benzene rings is 1. The second-order valence-corrected chi connectivity index (χ2v) is 9.84. The van der Waals surface area contributed by atoms with E-state index >= 15 is 0 Å². The van der Waals surface area contributed by atoms with Crippen LogP contribution in [0.5, 0.6) is 0 Å². The predicted molar refractivity (Wildman–Crippen MR) is 125 cm³/mol. The van der Waals surface area contributed by atoms with Crippen LogP contribution in [-0.2, 0) is 18.0 Å². The Labute approximate surface area is 205 Å². The second kappa shape index (κ2) is 8.88. The standard InChI is InChI=1S/C23H26ClF3N6O2/c1-22(12-35-11-19(22)34)33-5-3-13(4-6-33)15-8-17-14(7-16(15)24)9-28-21(30-17)31-18-10-29-32(2)20(18)23(25,26)27/h7-10,13,19,34H,3-6,11-12H2,1-2H3,(H,28,30,31)/t19?,22-/m1/s1. The first-order chi connectivity index (χ1) is 16.6. The van der Waals surface area contributed by atoms with Gasteiger partial charge in [-0.1, -0.05) is 11.6 Å². The molecule has 8 nitrogen and oxygen atoms in total. The molecule has 0 saturated carbocycles. The van der Waals surface area contributed by atoms with Crippen LogP contribution >= 0.6 is 11.6 Å². The van der Waals surface area contributed by atoms with Gasteiger partial charge in [0.15, 0.2) is 5.69 Å². The van der Waals surface area contributed by atoms with Gasteiger partial charge in [0.05, 0.1) is 42.3 Å². The van der Waals surface area contributed by atoms with Gasteiger partial charge in [0.25, 0.3) is 0 Å². The van der Waals surface area contributed by atoms with Crippen LogP contribution in [0.2, 0.25) is 5.02 Å². The molecule has 35 heavy (non-hydrogen) atoms. The lowest BCUT2D eigenvalue weighted by atomic mass is 9.85. The summed E-state index contributed by atoms with van der Waals surface area (Å²) in [6.45, 7) is 4.50. The Morgan fingerprint density at radius 3 is 2.63 bits per heavy atom. The second-order valence-electron chi connectivity index (χ2n) is 9.43. The molecule has 12 heteroatoms. The van der Waals surface area contributed by atoms with Crippen molar-refractivity contribution < 1.29 is 23.0 Å². The number of alkyl halides is 3. The maximum atomic E-state index is 13.4. The molecule has 2 aromatic heterocycles. The molecule has 3 aromatic rings. The van der Waals surface area contributed by atoms with Gasteiger partial charge in [-0.05, 0) is 56.5 Å². The Morgan fingerprint density at radius 1 is 1.23 bits per heavy atom. The lowest BCUT2D eigenvalue weighted by Crippen LogP contribution is -2.56. The van der Waals surface area contributed by atoms with E-state index in [1.807, 2.05) is 13.0 Å². The van der Waals surface area contributed by atoms with Crippen molar-refractivity contribution in [1.29, 1.82) is 0 Å². The molecule has 2 atom stereocenters. The first kappa shape index (κ1) is 24.2. The minimum atomic E-state index is -4.57. The normalized spacial score (nSPS) is 24.4. The molecular formula is C23H26ClF3N6O2. The number of hydrogen-bond donors (Lipinski definition) is 2. The van der Waals surface area contributed by atoms with Crippen LogP contribution in [0.4, 0.5) is 24.8 Å². The van der Waals surface area contributed by atoms with E-state index in [2.05, 4.69) is 25.3 Å². The van der Waals surface area contributed by atoms with Crippen LogP contribution in [0.15, 0.2) is 24.5 Å². The van der Waals surface area contributed by atoms with Gasteiger partial charge in [-0.2, -0.15) is 18.3 Å². The molecule has 0 spiro atoms. The Hall–Kier alpha value is -2.47. The fourth-order valence-corrected chi connectivity index (χ4v) is 5.41. The summed E-state index contributed by atoms with van der Waals surface area (Å²) in [5, 5.41) is 18.0.